The number of methoxy groups -OCH3 is 1. The topological polar surface area (TPSA) is 38.8 Å². The van der Waals surface area contributed by atoms with Gasteiger partial charge in [-0.2, -0.15) is 0 Å². The first-order valence-electron chi connectivity index (χ1n) is 9.38. The minimum absolute atomic E-state index is 0.0643. The van der Waals surface area contributed by atoms with Crippen LogP contribution in [0, 0.1) is 0 Å². The molecule has 2 aromatic carbocycles. The van der Waals surface area contributed by atoms with Crippen LogP contribution in [0.5, 0.6) is 11.5 Å². The highest BCUT2D eigenvalue weighted by Gasteiger charge is 2.25. The second-order valence-electron chi connectivity index (χ2n) is 6.65. The molecule has 4 nitrogen and oxygen atoms in total. The van der Waals surface area contributed by atoms with Gasteiger partial charge >= 0.3 is 0 Å². The zero-order valence-electron chi connectivity index (χ0n) is 15.6. The van der Waals surface area contributed by atoms with Gasteiger partial charge in [-0.15, -0.1) is 0 Å². The van der Waals surface area contributed by atoms with Crippen LogP contribution in [0.15, 0.2) is 48.5 Å². The molecule has 138 valence electrons. The van der Waals surface area contributed by atoms with Crippen LogP contribution < -0.4 is 9.47 Å². The molecule has 1 atom stereocenters. The Morgan fingerprint density at radius 1 is 1.12 bits per heavy atom. The second kappa shape index (κ2) is 8.75. The lowest BCUT2D eigenvalue weighted by atomic mass is 9.94. The Bertz CT molecular complexity index is 726. The highest BCUT2D eigenvalue weighted by molar-refractivity contribution is 5.97. The van der Waals surface area contributed by atoms with Crippen molar-refractivity contribution in [3.63, 3.8) is 0 Å². The Kier molecular flexibility index (Phi) is 6.16. The number of rotatable bonds is 5. The van der Waals surface area contributed by atoms with E-state index in [0.29, 0.717) is 23.8 Å². The third kappa shape index (κ3) is 4.18. The number of ether oxygens (including phenoxy) is 2. The fourth-order valence-corrected chi connectivity index (χ4v) is 3.57. The highest BCUT2D eigenvalue weighted by atomic mass is 16.5. The molecule has 0 aliphatic carbocycles. The number of amides is 1. The van der Waals surface area contributed by atoms with Crippen LogP contribution in [-0.2, 0) is 0 Å². The average molecular weight is 353 g/mol. The van der Waals surface area contributed by atoms with Crippen molar-refractivity contribution in [3.05, 3.63) is 59.7 Å². The fraction of sp³-hybridized carbons (Fsp3) is 0.409. The first-order chi connectivity index (χ1) is 12.7. The van der Waals surface area contributed by atoms with E-state index in [0.717, 1.165) is 38.1 Å². The molecule has 2 aromatic rings. The van der Waals surface area contributed by atoms with Gasteiger partial charge in [0.2, 0.25) is 0 Å². The summed E-state index contributed by atoms with van der Waals surface area (Å²) in [6.07, 6.45) is 3.27. The minimum Gasteiger partial charge on any atom is -0.497 e. The molecule has 1 aliphatic heterocycles. The van der Waals surface area contributed by atoms with Gasteiger partial charge < -0.3 is 14.4 Å². The average Bonchev–Trinajstić information content (AvgIpc) is 2.94. The maximum absolute atomic E-state index is 13.2. The summed E-state index contributed by atoms with van der Waals surface area (Å²) < 4.78 is 10.9. The van der Waals surface area contributed by atoms with Gasteiger partial charge in [-0.25, -0.2) is 0 Å². The van der Waals surface area contributed by atoms with E-state index < -0.39 is 0 Å². The van der Waals surface area contributed by atoms with Crippen molar-refractivity contribution in [3.8, 4) is 11.5 Å². The van der Waals surface area contributed by atoms with Gasteiger partial charge in [0.25, 0.3) is 5.91 Å². The monoisotopic (exact) mass is 353 g/mol. The Labute approximate surface area is 155 Å². The predicted octanol–water partition coefficient (Wildman–Crippen LogP) is 4.50. The largest absolute Gasteiger partial charge is 0.497 e. The van der Waals surface area contributed by atoms with Gasteiger partial charge in [0.05, 0.1) is 19.3 Å². The molecule has 1 unspecified atom stereocenters. The van der Waals surface area contributed by atoms with E-state index in [-0.39, 0.29) is 5.91 Å². The summed E-state index contributed by atoms with van der Waals surface area (Å²) in [7, 11) is 1.68. The summed E-state index contributed by atoms with van der Waals surface area (Å²) >= 11 is 0. The van der Waals surface area contributed by atoms with E-state index in [1.54, 1.807) is 7.11 Å². The maximum atomic E-state index is 13.2. The van der Waals surface area contributed by atoms with Crippen LogP contribution in [-0.4, -0.2) is 37.6 Å². The third-order valence-electron chi connectivity index (χ3n) is 4.96. The van der Waals surface area contributed by atoms with Gasteiger partial charge in [-0.3, -0.25) is 4.79 Å². The second-order valence-corrected chi connectivity index (χ2v) is 6.65. The Morgan fingerprint density at radius 3 is 2.62 bits per heavy atom. The van der Waals surface area contributed by atoms with E-state index in [2.05, 4.69) is 12.1 Å². The quantitative estimate of drug-likeness (QED) is 0.794. The standard InChI is InChI=1S/C22H27NO3/c1-3-26-21-10-5-4-9-20(21)22(24)23-15-7-6-8-18(16-23)17-11-13-19(25-2)14-12-17/h4-5,9-14,18H,3,6-8,15-16H2,1-2H3. The van der Waals surface area contributed by atoms with Crippen molar-refractivity contribution in [2.75, 3.05) is 26.8 Å². The van der Waals surface area contributed by atoms with Crippen molar-refractivity contribution >= 4 is 5.91 Å². The van der Waals surface area contributed by atoms with Crippen molar-refractivity contribution in [2.24, 2.45) is 0 Å². The zero-order chi connectivity index (χ0) is 18.4. The number of para-hydroxylation sites is 1. The molecule has 3 rings (SSSR count). The van der Waals surface area contributed by atoms with Gasteiger partial charge in [0.15, 0.2) is 0 Å². The molecular formula is C22H27NO3. The smallest absolute Gasteiger partial charge is 0.257 e. The summed E-state index contributed by atoms with van der Waals surface area (Å²) in [5.41, 5.74) is 1.92. The molecule has 0 N–H and O–H groups in total. The van der Waals surface area contributed by atoms with Crippen molar-refractivity contribution in [2.45, 2.75) is 32.1 Å². The van der Waals surface area contributed by atoms with Crippen molar-refractivity contribution in [1.29, 1.82) is 0 Å². The number of likely N-dealkylation sites (tertiary alicyclic amines) is 1. The van der Waals surface area contributed by atoms with E-state index in [1.807, 2.05) is 48.2 Å². The molecule has 1 fully saturated rings. The zero-order valence-corrected chi connectivity index (χ0v) is 15.6. The van der Waals surface area contributed by atoms with Crippen LogP contribution in [0.2, 0.25) is 0 Å². The van der Waals surface area contributed by atoms with Gasteiger partial charge in [0.1, 0.15) is 11.5 Å². The summed E-state index contributed by atoms with van der Waals surface area (Å²) in [5.74, 6) is 1.95. The van der Waals surface area contributed by atoms with E-state index in [1.165, 1.54) is 5.56 Å². The number of carbonyl (C=O) groups is 1. The first kappa shape index (κ1) is 18.3. The molecule has 1 amide bonds. The summed E-state index contributed by atoms with van der Waals surface area (Å²) in [6.45, 7) is 4.03. The molecule has 0 saturated carbocycles. The molecular weight excluding hydrogens is 326 g/mol. The van der Waals surface area contributed by atoms with Crippen LogP contribution in [0.4, 0.5) is 0 Å². The third-order valence-corrected chi connectivity index (χ3v) is 4.96. The van der Waals surface area contributed by atoms with Gasteiger partial charge in [-0.05, 0) is 49.6 Å². The predicted molar refractivity (Wildman–Crippen MR) is 103 cm³/mol. The molecule has 4 heteroatoms. The normalized spacial score (nSPS) is 17.5. The molecule has 0 aromatic heterocycles. The Balaban J connectivity index is 1.79. The summed E-state index contributed by atoms with van der Waals surface area (Å²) in [4.78, 5) is 15.1. The lowest BCUT2D eigenvalue weighted by molar-refractivity contribution is 0.0750. The highest BCUT2D eigenvalue weighted by Crippen LogP contribution is 2.29. The van der Waals surface area contributed by atoms with Crippen LogP contribution in [0.25, 0.3) is 0 Å². The SMILES string of the molecule is CCOc1ccccc1C(=O)N1CCCCC(c2ccc(OC)cc2)C1. The minimum atomic E-state index is 0.0643. The molecule has 1 saturated heterocycles. The molecule has 26 heavy (non-hydrogen) atoms. The Morgan fingerprint density at radius 2 is 1.88 bits per heavy atom. The van der Waals surface area contributed by atoms with Crippen LogP contribution in [0.3, 0.4) is 0 Å². The van der Waals surface area contributed by atoms with Crippen molar-refractivity contribution < 1.29 is 14.3 Å². The lowest BCUT2D eigenvalue weighted by Crippen LogP contribution is -2.34. The molecule has 0 radical (unpaired) electrons. The lowest BCUT2D eigenvalue weighted by Gasteiger charge is -2.26. The number of carbonyl (C=O) groups excluding carboxylic acids is 1. The first-order valence-corrected chi connectivity index (χ1v) is 9.38. The molecule has 0 bridgehead atoms. The summed E-state index contributed by atoms with van der Waals surface area (Å²) in [6, 6.07) is 15.8. The number of nitrogens with zero attached hydrogens (tertiary/aromatic N) is 1. The Hall–Kier alpha value is -2.49. The molecule has 1 aliphatic rings. The fourth-order valence-electron chi connectivity index (χ4n) is 3.57. The maximum Gasteiger partial charge on any atom is 0.257 e. The van der Waals surface area contributed by atoms with E-state index >= 15 is 0 Å². The number of hydrogen-bond donors (Lipinski definition) is 0. The van der Waals surface area contributed by atoms with Crippen LogP contribution in [0.1, 0.15) is 48.0 Å². The van der Waals surface area contributed by atoms with E-state index in [4.69, 9.17) is 9.47 Å². The van der Waals surface area contributed by atoms with Crippen LogP contribution >= 0.6 is 0 Å². The molecule has 0 spiro atoms. The summed E-state index contributed by atoms with van der Waals surface area (Å²) in [5, 5.41) is 0. The van der Waals surface area contributed by atoms with E-state index in [9.17, 15) is 4.79 Å². The van der Waals surface area contributed by atoms with Gasteiger partial charge in [-0.1, -0.05) is 30.7 Å². The van der Waals surface area contributed by atoms with Gasteiger partial charge in [0, 0.05) is 19.0 Å². The van der Waals surface area contributed by atoms with Crippen molar-refractivity contribution in [1.82, 2.24) is 4.90 Å². The number of hydrogen-bond acceptors (Lipinski definition) is 3. The molecule has 1 heterocycles. The number of benzene rings is 2.